The molecular weight excluding hydrogens is 451 g/mol. The second kappa shape index (κ2) is 7.70. The monoisotopic (exact) mass is 471 g/mol. The molecule has 3 aromatic rings. The number of primary amides is 1. The zero-order valence-corrected chi connectivity index (χ0v) is 17.9. The van der Waals surface area contributed by atoms with E-state index in [1.165, 1.54) is 6.07 Å². The number of nitrogens with one attached hydrogen (secondary N) is 1. The fourth-order valence-corrected chi connectivity index (χ4v) is 4.25. The topological polar surface area (TPSA) is 77.1 Å². The molecule has 0 saturated heterocycles. The number of hydrogen-bond acceptors (Lipinski definition) is 3. The quantitative estimate of drug-likeness (QED) is 0.553. The Balaban J connectivity index is 1.83. The standard InChI is InChI=1S/C22H20BrFN4O2/c1-14-19(26-18-8-7-16(23)11-17(18)24)12-20-27(21(14)29)9-10-28(20,22(25)30)13-15-5-3-2-4-6-15/h2-8,11-12H,9-10,13H2,1H3,(H2-,25,26,29,30)/p+1. The lowest BCUT2D eigenvalue weighted by Gasteiger charge is -2.29. The molecule has 0 spiro atoms. The number of anilines is 2. The van der Waals surface area contributed by atoms with Crippen LogP contribution in [0.25, 0.3) is 0 Å². The van der Waals surface area contributed by atoms with E-state index >= 15 is 0 Å². The third-order valence-electron chi connectivity index (χ3n) is 5.58. The summed E-state index contributed by atoms with van der Waals surface area (Å²) in [5.41, 5.74) is 7.71. The van der Waals surface area contributed by atoms with Crippen LogP contribution in [0.2, 0.25) is 0 Å². The zero-order valence-electron chi connectivity index (χ0n) is 16.4. The van der Waals surface area contributed by atoms with Crippen molar-refractivity contribution >= 4 is 39.2 Å². The van der Waals surface area contributed by atoms with Crippen LogP contribution in [0.3, 0.4) is 0 Å². The molecule has 0 fully saturated rings. The highest BCUT2D eigenvalue weighted by atomic mass is 79.9. The Bertz CT molecular complexity index is 1200. The van der Waals surface area contributed by atoms with Gasteiger partial charge in [-0.1, -0.05) is 46.3 Å². The summed E-state index contributed by atoms with van der Waals surface area (Å²) in [6.07, 6.45) is 0. The van der Waals surface area contributed by atoms with Crippen LogP contribution in [0.15, 0.2) is 63.9 Å². The normalized spacial score (nSPS) is 17.6. The van der Waals surface area contributed by atoms with Gasteiger partial charge in [0.2, 0.25) is 5.82 Å². The first-order valence-corrected chi connectivity index (χ1v) is 10.3. The number of amides is 2. The molecule has 0 aliphatic carbocycles. The van der Waals surface area contributed by atoms with Crippen molar-refractivity contribution in [2.45, 2.75) is 20.0 Å². The molecule has 30 heavy (non-hydrogen) atoms. The Morgan fingerprint density at radius 3 is 2.60 bits per heavy atom. The van der Waals surface area contributed by atoms with Crippen molar-refractivity contribution in [1.82, 2.24) is 9.05 Å². The van der Waals surface area contributed by atoms with Crippen LogP contribution in [0.5, 0.6) is 0 Å². The summed E-state index contributed by atoms with van der Waals surface area (Å²) in [6, 6.07) is 15.4. The molecule has 8 heteroatoms. The van der Waals surface area contributed by atoms with E-state index in [9.17, 15) is 14.0 Å². The SMILES string of the molecule is Cc1c(Nc2ccc(Br)cc2F)cc2n(c1=O)CC[N+]2(Cc1ccccc1)C(N)=O. The van der Waals surface area contributed by atoms with Gasteiger partial charge in [0.1, 0.15) is 18.9 Å². The van der Waals surface area contributed by atoms with Crippen molar-refractivity contribution < 1.29 is 9.18 Å². The molecule has 154 valence electrons. The Morgan fingerprint density at radius 2 is 1.93 bits per heavy atom. The van der Waals surface area contributed by atoms with E-state index in [4.69, 9.17) is 5.73 Å². The van der Waals surface area contributed by atoms with E-state index in [1.54, 1.807) is 29.7 Å². The van der Waals surface area contributed by atoms with Gasteiger partial charge in [-0.15, -0.1) is 0 Å². The van der Waals surface area contributed by atoms with Gasteiger partial charge in [-0.05, 0) is 25.1 Å². The molecule has 3 N–H and O–H groups in total. The van der Waals surface area contributed by atoms with Gasteiger partial charge in [-0.3, -0.25) is 9.36 Å². The van der Waals surface area contributed by atoms with Crippen LogP contribution in [-0.2, 0) is 13.1 Å². The van der Waals surface area contributed by atoms with E-state index < -0.39 is 11.8 Å². The number of nitrogens with two attached hydrogens (primary N) is 1. The smallest absolute Gasteiger partial charge is 0.353 e. The van der Waals surface area contributed by atoms with Gasteiger partial charge in [0.25, 0.3) is 5.56 Å². The summed E-state index contributed by atoms with van der Waals surface area (Å²) >= 11 is 3.24. The number of carbonyl (C=O) groups is 1. The van der Waals surface area contributed by atoms with Gasteiger partial charge in [0.15, 0.2) is 0 Å². The first-order chi connectivity index (χ1) is 14.3. The number of nitrogens with zero attached hydrogens (tertiary/aromatic N) is 2. The summed E-state index contributed by atoms with van der Waals surface area (Å²) in [7, 11) is 0. The van der Waals surface area contributed by atoms with E-state index in [-0.39, 0.29) is 15.7 Å². The van der Waals surface area contributed by atoms with Crippen LogP contribution in [0.4, 0.5) is 26.4 Å². The number of benzene rings is 2. The number of rotatable bonds is 4. The largest absolute Gasteiger partial charge is 0.420 e. The number of carbonyl (C=O) groups excluding carboxylic acids is 1. The van der Waals surface area contributed by atoms with E-state index in [0.717, 1.165) is 5.56 Å². The highest BCUT2D eigenvalue weighted by Crippen LogP contribution is 2.35. The van der Waals surface area contributed by atoms with Crippen molar-refractivity contribution in [3.8, 4) is 0 Å². The Morgan fingerprint density at radius 1 is 1.20 bits per heavy atom. The average Bonchev–Trinajstić information content (AvgIpc) is 3.08. The van der Waals surface area contributed by atoms with E-state index in [0.29, 0.717) is 41.2 Å². The molecule has 1 aromatic heterocycles. The second-order valence-electron chi connectivity index (χ2n) is 7.42. The number of pyridine rings is 1. The van der Waals surface area contributed by atoms with Crippen LogP contribution >= 0.6 is 15.9 Å². The molecule has 1 aliphatic rings. The minimum absolute atomic E-state index is 0.170. The molecule has 4 rings (SSSR count). The van der Waals surface area contributed by atoms with Crippen molar-refractivity contribution in [1.29, 1.82) is 0 Å². The van der Waals surface area contributed by atoms with E-state index in [1.807, 2.05) is 30.3 Å². The number of hydrogen-bond donors (Lipinski definition) is 2. The predicted octanol–water partition coefficient (Wildman–Crippen LogP) is 4.40. The third-order valence-corrected chi connectivity index (χ3v) is 6.07. The van der Waals surface area contributed by atoms with Crippen LogP contribution in [0, 0.1) is 12.7 Å². The molecule has 6 nitrogen and oxygen atoms in total. The first-order valence-electron chi connectivity index (χ1n) is 9.50. The van der Waals surface area contributed by atoms with Crippen LogP contribution < -0.4 is 21.1 Å². The molecule has 0 bridgehead atoms. The maximum atomic E-state index is 14.4. The lowest BCUT2D eigenvalue weighted by atomic mass is 10.1. The lowest BCUT2D eigenvalue weighted by molar-refractivity contribution is 0.210. The van der Waals surface area contributed by atoms with Crippen LogP contribution in [-0.4, -0.2) is 17.1 Å². The van der Waals surface area contributed by atoms with Crippen molar-refractivity contribution in [3.05, 3.63) is 86.4 Å². The fourth-order valence-electron chi connectivity index (χ4n) is 3.91. The van der Waals surface area contributed by atoms with E-state index in [2.05, 4.69) is 21.2 Å². The molecule has 2 heterocycles. The second-order valence-corrected chi connectivity index (χ2v) is 8.34. The number of quaternary nitrogens is 1. The average molecular weight is 472 g/mol. The fraction of sp³-hybridized carbons (Fsp3) is 0.182. The first kappa shape index (κ1) is 20.3. The molecule has 1 aliphatic heterocycles. The van der Waals surface area contributed by atoms with Gasteiger partial charge >= 0.3 is 6.03 Å². The molecule has 1 atom stereocenters. The lowest BCUT2D eigenvalue weighted by Crippen LogP contribution is -2.55. The Labute approximate surface area is 181 Å². The predicted molar refractivity (Wildman–Crippen MR) is 119 cm³/mol. The van der Waals surface area contributed by atoms with Crippen molar-refractivity contribution in [2.75, 3.05) is 11.9 Å². The number of halogens is 2. The number of aromatic nitrogens is 1. The summed E-state index contributed by atoms with van der Waals surface area (Å²) in [5, 5.41) is 3.01. The number of fused-ring (bicyclic) bond motifs is 1. The molecule has 0 saturated carbocycles. The Hall–Kier alpha value is -2.97. The molecular formula is C22H21BrFN4O2+. The van der Waals surface area contributed by atoms with Crippen molar-refractivity contribution in [2.24, 2.45) is 5.73 Å². The summed E-state index contributed by atoms with van der Waals surface area (Å²) < 4.78 is 16.4. The van der Waals surface area contributed by atoms with Gasteiger partial charge in [0, 0.05) is 21.7 Å². The minimum Gasteiger partial charge on any atom is -0.353 e. The molecule has 2 amide bonds. The highest BCUT2D eigenvalue weighted by Gasteiger charge is 2.45. The summed E-state index contributed by atoms with van der Waals surface area (Å²) in [6.45, 7) is 2.79. The van der Waals surface area contributed by atoms with Crippen LogP contribution in [0.1, 0.15) is 11.1 Å². The van der Waals surface area contributed by atoms with Gasteiger partial charge in [0.05, 0.1) is 17.9 Å². The number of urea groups is 1. The summed E-state index contributed by atoms with van der Waals surface area (Å²) in [5.74, 6) is 0.0475. The third kappa shape index (κ3) is 3.42. The molecule has 1 unspecified atom stereocenters. The maximum Gasteiger partial charge on any atom is 0.420 e. The van der Waals surface area contributed by atoms with Crippen molar-refractivity contribution in [3.63, 3.8) is 0 Å². The summed E-state index contributed by atoms with van der Waals surface area (Å²) in [4.78, 5) is 25.7. The van der Waals surface area contributed by atoms with Gasteiger partial charge in [-0.2, -0.15) is 4.48 Å². The zero-order chi connectivity index (χ0) is 21.5. The van der Waals surface area contributed by atoms with Gasteiger partial charge in [-0.25, -0.2) is 9.18 Å². The molecule has 2 aromatic carbocycles. The molecule has 0 radical (unpaired) electrons. The van der Waals surface area contributed by atoms with Gasteiger partial charge < -0.3 is 11.1 Å². The Kier molecular flexibility index (Phi) is 5.21. The minimum atomic E-state index is -0.533. The highest BCUT2D eigenvalue weighted by molar-refractivity contribution is 9.10. The maximum absolute atomic E-state index is 14.4.